The molecule has 0 unspecified atom stereocenters. The van der Waals surface area contributed by atoms with Gasteiger partial charge in [-0.15, -0.1) is 0 Å². The number of nitrogens with one attached hydrogen (secondary N) is 1. The van der Waals surface area contributed by atoms with E-state index < -0.39 is 0 Å². The molecule has 0 radical (unpaired) electrons. The molecule has 0 atom stereocenters. The number of para-hydroxylation sites is 1. The zero-order valence-electron chi connectivity index (χ0n) is 11.9. The normalized spacial score (nSPS) is 10.1. The first-order valence-electron chi connectivity index (χ1n) is 6.66. The van der Waals surface area contributed by atoms with E-state index in [-0.39, 0.29) is 11.8 Å². The number of hydrogen-bond acceptors (Lipinski definition) is 2. The molecule has 4 nitrogen and oxygen atoms in total. The fourth-order valence-corrected chi connectivity index (χ4v) is 1.88. The van der Waals surface area contributed by atoms with E-state index >= 15 is 0 Å². The molecule has 0 aliphatic rings. The van der Waals surface area contributed by atoms with Crippen molar-refractivity contribution in [3.63, 3.8) is 0 Å². The van der Waals surface area contributed by atoms with Gasteiger partial charge in [-0.05, 0) is 25.0 Å². The van der Waals surface area contributed by atoms with Crippen LogP contribution in [0.2, 0.25) is 0 Å². The van der Waals surface area contributed by atoms with Crippen LogP contribution in [0.15, 0.2) is 24.3 Å². The molecule has 104 valence electrons. The first kappa shape index (κ1) is 15.2. The van der Waals surface area contributed by atoms with E-state index in [9.17, 15) is 9.59 Å². The van der Waals surface area contributed by atoms with Crippen LogP contribution in [0.5, 0.6) is 0 Å². The van der Waals surface area contributed by atoms with Crippen LogP contribution in [-0.4, -0.2) is 24.9 Å². The Bertz CT molecular complexity index is 444. The molecule has 19 heavy (non-hydrogen) atoms. The molecule has 2 amide bonds. The molecule has 0 bridgehead atoms. The third kappa shape index (κ3) is 4.73. The lowest BCUT2D eigenvalue weighted by Crippen LogP contribution is -2.34. The third-order valence-electron chi connectivity index (χ3n) is 2.92. The van der Waals surface area contributed by atoms with Gasteiger partial charge in [-0.2, -0.15) is 0 Å². The summed E-state index contributed by atoms with van der Waals surface area (Å²) in [6.45, 7) is 6.59. The van der Waals surface area contributed by atoms with Gasteiger partial charge < -0.3 is 10.2 Å². The molecule has 0 saturated heterocycles. The van der Waals surface area contributed by atoms with Crippen molar-refractivity contribution >= 4 is 17.5 Å². The maximum absolute atomic E-state index is 11.7. The van der Waals surface area contributed by atoms with E-state index in [0.29, 0.717) is 19.5 Å². The minimum Gasteiger partial charge on any atom is -0.356 e. The summed E-state index contributed by atoms with van der Waals surface area (Å²) >= 11 is 0. The molecule has 1 aromatic rings. The van der Waals surface area contributed by atoms with Gasteiger partial charge in [0.2, 0.25) is 11.8 Å². The monoisotopic (exact) mass is 262 g/mol. The highest BCUT2D eigenvalue weighted by Gasteiger charge is 2.14. The zero-order valence-corrected chi connectivity index (χ0v) is 11.9. The second kappa shape index (κ2) is 7.56. The van der Waals surface area contributed by atoms with Crippen LogP contribution in [0.3, 0.4) is 0 Å². The van der Waals surface area contributed by atoms with Crippen LogP contribution in [0.4, 0.5) is 5.69 Å². The summed E-state index contributed by atoms with van der Waals surface area (Å²) in [6.07, 6.45) is 1.24. The Morgan fingerprint density at radius 1 is 1.26 bits per heavy atom. The van der Waals surface area contributed by atoms with E-state index in [1.54, 1.807) is 4.90 Å². The highest BCUT2D eigenvalue weighted by atomic mass is 16.2. The molecular formula is C15H22N2O2. The molecule has 4 heteroatoms. The highest BCUT2D eigenvalue weighted by molar-refractivity contribution is 5.93. The minimum absolute atomic E-state index is 0.0123. The van der Waals surface area contributed by atoms with Crippen LogP contribution >= 0.6 is 0 Å². The Labute approximate surface area is 114 Å². The third-order valence-corrected chi connectivity index (χ3v) is 2.92. The van der Waals surface area contributed by atoms with Crippen molar-refractivity contribution < 1.29 is 9.59 Å². The molecule has 1 N–H and O–H groups in total. The van der Waals surface area contributed by atoms with Gasteiger partial charge in [0.05, 0.1) is 0 Å². The average Bonchev–Trinajstić information content (AvgIpc) is 2.38. The second-order valence-corrected chi connectivity index (χ2v) is 4.56. The standard InChI is InChI=1S/C15H22N2O2/c1-4-10-16-15(19)9-11-17(13(3)18)14-8-6-5-7-12(14)2/h5-8H,4,9-11H2,1-3H3,(H,16,19). The van der Waals surface area contributed by atoms with Crippen molar-refractivity contribution in [2.45, 2.75) is 33.6 Å². The lowest BCUT2D eigenvalue weighted by molar-refractivity contribution is -0.121. The molecule has 0 aromatic heterocycles. The number of anilines is 1. The highest BCUT2D eigenvalue weighted by Crippen LogP contribution is 2.19. The lowest BCUT2D eigenvalue weighted by Gasteiger charge is -2.22. The number of nitrogens with zero attached hydrogens (tertiary/aromatic N) is 1. The molecule has 0 aliphatic heterocycles. The van der Waals surface area contributed by atoms with Gasteiger partial charge in [-0.1, -0.05) is 25.1 Å². The summed E-state index contributed by atoms with van der Waals surface area (Å²) < 4.78 is 0. The van der Waals surface area contributed by atoms with E-state index in [2.05, 4.69) is 5.32 Å². The Morgan fingerprint density at radius 2 is 1.95 bits per heavy atom. The van der Waals surface area contributed by atoms with Gasteiger partial charge in [0, 0.05) is 32.1 Å². The maximum atomic E-state index is 11.7. The number of benzene rings is 1. The zero-order chi connectivity index (χ0) is 14.3. The van der Waals surface area contributed by atoms with E-state index in [1.807, 2.05) is 38.1 Å². The van der Waals surface area contributed by atoms with Crippen molar-refractivity contribution in [1.29, 1.82) is 0 Å². The van der Waals surface area contributed by atoms with Gasteiger partial charge in [0.25, 0.3) is 0 Å². The van der Waals surface area contributed by atoms with Crippen molar-refractivity contribution in [3.8, 4) is 0 Å². The van der Waals surface area contributed by atoms with Crippen LogP contribution in [0.1, 0.15) is 32.3 Å². The molecule has 0 fully saturated rings. The summed E-state index contributed by atoms with van der Waals surface area (Å²) in [4.78, 5) is 25.0. The summed E-state index contributed by atoms with van der Waals surface area (Å²) in [5.74, 6) is -0.0562. The Balaban J connectivity index is 2.67. The molecule has 1 aromatic carbocycles. The van der Waals surface area contributed by atoms with E-state index in [1.165, 1.54) is 6.92 Å². The average molecular weight is 262 g/mol. The number of aryl methyl sites for hydroxylation is 1. The quantitative estimate of drug-likeness (QED) is 0.855. The second-order valence-electron chi connectivity index (χ2n) is 4.56. The number of amides is 2. The van der Waals surface area contributed by atoms with Crippen molar-refractivity contribution in [3.05, 3.63) is 29.8 Å². The molecule has 0 spiro atoms. The van der Waals surface area contributed by atoms with E-state index in [4.69, 9.17) is 0 Å². The smallest absolute Gasteiger partial charge is 0.223 e. The van der Waals surface area contributed by atoms with Gasteiger partial charge in [0.15, 0.2) is 0 Å². The van der Waals surface area contributed by atoms with Gasteiger partial charge >= 0.3 is 0 Å². The SMILES string of the molecule is CCCNC(=O)CCN(C(C)=O)c1ccccc1C. The Hall–Kier alpha value is -1.84. The molecule has 0 saturated carbocycles. The number of carbonyl (C=O) groups is 2. The van der Waals surface area contributed by atoms with Crippen LogP contribution in [0.25, 0.3) is 0 Å². The van der Waals surface area contributed by atoms with Crippen LogP contribution < -0.4 is 10.2 Å². The summed E-state index contributed by atoms with van der Waals surface area (Å²) in [6, 6.07) is 7.70. The Kier molecular flexibility index (Phi) is 6.06. The predicted octanol–water partition coefficient (Wildman–Crippen LogP) is 2.26. The van der Waals surface area contributed by atoms with Gasteiger partial charge in [-0.3, -0.25) is 9.59 Å². The number of carbonyl (C=O) groups excluding carboxylic acids is 2. The minimum atomic E-state index is -0.0439. The van der Waals surface area contributed by atoms with Gasteiger partial charge in [0.1, 0.15) is 0 Å². The largest absolute Gasteiger partial charge is 0.356 e. The molecule has 1 rings (SSSR count). The summed E-state index contributed by atoms with van der Waals surface area (Å²) in [5, 5.41) is 2.82. The first-order chi connectivity index (χ1) is 9.06. The van der Waals surface area contributed by atoms with Crippen LogP contribution in [-0.2, 0) is 9.59 Å². The Morgan fingerprint density at radius 3 is 2.53 bits per heavy atom. The van der Waals surface area contributed by atoms with Crippen molar-refractivity contribution in [2.24, 2.45) is 0 Å². The van der Waals surface area contributed by atoms with E-state index in [0.717, 1.165) is 17.7 Å². The summed E-state index contributed by atoms with van der Waals surface area (Å²) in [5.41, 5.74) is 1.91. The first-order valence-corrected chi connectivity index (χ1v) is 6.66. The molecular weight excluding hydrogens is 240 g/mol. The van der Waals surface area contributed by atoms with Crippen molar-refractivity contribution in [1.82, 2.24) is 5.32 Å². The van der Waals surface area contributed by atoms with Gasteiger partial charge in [-0.25, -0.2) is 0 Å². The maximum Gasteiger partial charge on any atom is 0.223 e. The number of hydrogen-bond donors (Lipinski definition) is 1. The predicted molar refractivity (Wildman–Crippen MR) is 77.1 cm³/mol. The topological polar surface area (TPSA) is 49.4 Å². The van der Waals surface area contributed by atoms with Crippen LogP contribution in [0, 0.1) is 6.92 Å². The number of rotatable bonds is 6. The molecule has 0 heterocycles. The molecule has 0 aliphatic carbocycles. The lowest BCUT2D eigenvalue weighted by atomic mass is 10.1. The fraction of sp³-hybridized carbons (Fsp3) is 0.467. The van der Waals surface area contributed by atoms with Crippen molar-refractivity contribution in [2.75, 3.05) is 18.0 Å². The fourth-order valence-electron chi connectivity index (χ4n) is 1.88. The summed E-state index contributed by atoms with van der Waals surface area (Å²) in [7, 11) is 0.